The summed E-state index contributed by atoms with van der Waals surface area (Å²) in [4.78, 5) is 30.5. The largest absolute Gasteiger partial charge is 0.489 e. The van der Waals surface area contributed by atoms with E-state index in [1.54, 1.807) is 18.2 Å². The fraction of sp³-hybridized carbons (Fsp3) is 0.391. The molecule has 1 spiro atoms. The first-order chi connectivity index (χ1) is 15.4. The summed E-state index contributed by atoms with van der Waals surface area (Å²) in [5.41, 5.74) is 0.223. The van der Waals surface area contributed by atoms with Crippen molar-refractivity contribution in [3.05, 3.63) is 67.8 Å². The van der Waals surface area contributed by atoms with E-state index < -0.39 is 17.4 Å². The highest BCUT2D eigenvalue weighted by molar-refractivity contribution is 6.30. The van der Waals surface area contributed by atoms with Gasteiger partial charge in [0.1, 0.15) is 29.8 Å². The van der Waals surface area contributed by atoms with E-state index in [9.17, 15) is 14.7 Å². The third-order valence-corrected chi connectivity index (χ3v) is 6.50. The van der Waals surface area contributed by atoms with Crippen LogP contribution in [0, 0.1) is 0 Å². The smallest absolute Gasteiger partial charge is 0.326 e. The molecular weight excluding hydrogens is 434 g/mol. The molecule has 0 bridgehead atoms. The molecule has 1 fully saturated rings. The van der Waals surface area contributed by atoms with Crippen LogP contribution in [0.2, 0.25) is 5.02 Å². The minimum Gasteiger partial charge on any atom is -0.489 e. The van der Waals surface area contributed by atoms with Crippen molar-refractivity contribution in [2.45, 2.75) is 31.0 Å². The predicted octanol–water partition coefficient (Wildman–Crippen LogP) is 2.08. The maximum Gasteiger partial charge on any atom is 0.326 e. The number of hydrogen-bond donors (Lipinski definition) is 3. The van der Waals surface area contributed by atoms with Crippen LogP contribution in [0.1, 0.15) is 18.4 Å². The highest BCUT2D eigenvalue weighted by Gasteiger charge is 2.42. The first-order valence-electron chi connectivity index (χ1n) is 10.7. The van der Waals surface area contributed by atoms with Crippen LogP contribution in [0.15, 0.2) is 46.0 Å². The number of fused-ring (bicyclic) bond motifs is 2. The molecule has 0 saturated carbocycles. The lowest BCUT2D eigenvalue weighted by atomic mass is 9.87. The van der Waals surface area contributed by atoms with Crippen LogP contribution in [0.3, 0.4) is 0 Å². The number of H-pyrrole nitrogens is 2. The predicted molar refractivity (Wildman–Crippen MR) is 121 cm³/mol. The molecule has 5 rings (SSSR count). The Morgan fingerprint density at radius 1 is 1.19 bits per heavy atom. The van der Waals surface area contributed by atoms with Gasteiger partial charge in [0.15, 0.2) is 0 Å². The molecule has 1 unspecified atom stereocenters. The number of aliphatic hydroxyl groups excluding tert-OH is 1. The van der Waals surface area contributed by atoms with Gasteiger partial charge in [-0.25, -0.2) is 4.79 Å². The van der Waals surface area contributed by atoms with Gasteiger partial charge in [-0.15, -0.1) is 0 Å². The molecule has 168 valence electrons. The Kier molecular flexibility index (Phi) is 5.44. The van der Waals surface area contributed by atoms with E-state index in [1.165, 1.54) is 0 Å². The van der Waals surface area contributed by atoms with Crippen LogP contribution >= 0.6 is 11.6 Å². The van der Waals surface area contributed by atoms with E-state index in [0.717, 1.165) is 48.7 Å². The van der Waals surface area contributed by atoms with Crippen molar-refractivity contribution in [1.82, 2.24) is 14.9 Å². The van der Waals surface area contributed by atoms with Gasteiger partial charge < -0.3 is 24.5 Å². The molecular formula is C23H24ClN3O5. The van der Waals surface area contributed by atoms with Crippen molar-refractivity contribution >= 4 is 22.5 Å². The zero-order valence-electron chi connectivity index (χ0n) is 17.4. The molecule has 3 heterocycles. The summed E-state index contributed by atoms with van der Waals surface area (Å²) >= 11 is 6.11. The lowest BCUT2D eigenvalue weighted by Crippen LogP contribution is -2.49. The van der Waals surface area contributed by atoms with Gasteiger partial charge in [-0.1, -0.05) is 17.7 Å². The second-order valence-electron chi connectivity index (χ2n) is 8.57. The summed E-state index contributed by atoms with van der Waals surface area (Å²) in [7, 11) is 0. The Hall–Kier alpha value is -2.81. The van der Waals surface area contributed by atoms with Gasteiger partial charge in [-0.2, -0.15) is 0 Å². The number of benzene rings is 2. The maximum atomic E-state index is 11.9. The summed E-state index contributed by atoms with van der Waals surface area (Å²) < 4.78 is 12.0. The van der Waals surface area contributed by atoms with Crippen LogP contribution in [0.4, 0.5) is 0 Å². The van der Waals surface area contributed by atoms with Crippen LogP contribution in [0.5, 0.6) is 11.5 Å². The standard InChI is InChI=1S/C23H24ClN3O5/c24-15-4-5-18-14(10-15)11-23(32-18)6-8-27(9-7-23)12-16(28)13-31-19-3-1-2-17-20(19)25-22(30)26-21(17)29/h1-5,10,16,28H,6-9,11-13H2,(H2,25,26,29,30). The van der Waals surface area contributed by atoms with Gasteiger partial charge in [-0.3, -0.25) is 9.78 Å². The number of aliphatic hydroxyl groups is 1. The number of rotatable bonds is 5. The maximum absolute atomic E-state index is 11.9. The first-order valence-corrected chi connectivity index (χ1v) is 11.0. The van der Waals surface area contributed by atoms with Crippen molar-refractivity contribution in [1.29, 1.82) is 0 Å². The fourth-order valence-corrected chi connectivity index (χ4v) is 4.84. The molecule has 0 radical (unpaired) electrons. The molecule has 8 nitrogen and oxygen atoms in total. The van der Waals surface area contributed by atoms with Gasteiger partial charge in [-0.05, 0) is 35.9 Å². The lowest BCUT2D eigenvalue weighted by molar-refractivity contribution is -0.00187. The van der Waals surface area contributed by atoms with Gasteiger partial charge in [0.25, 0.3) is 5.56 Å². The number of nitrogens with zero attached hydrogens (tertiary/aromatic N) is 1. The summed E-state index contributed by atoms with van der Waals surface area (Å²) in [6.07, 6.45) is 1.90. The van der Waals surface area contributed by atoms with Gasteiger partial charge in [0, 0.05) is 43.9 Å². The highest BCUT2D eigenvalue weighted by atomic mass is 35.5. The SMILES string of the molecule is O=c1[nH]c(=O)c2cccc(OCC(O)CN3CCC4(CC3)Cc3cc(Cl)ccc3O4)c2[nH]1. The molecule has 1 atom stereocenters. The number of ether oxygens (including phenoxy) is 2. The summed E-state index contributed by atoms with van der Waals surface area (Å²) in [6, 6.07) is 10.7. The monoisotopic (exact) mass is 457 g/mol. The van der Waals surface area contributed by atoms with E-state index in [2.05, 4.69) is 14.9 Å². The van der Waals surface area contributed by atoms with Crippen LogP contribution in [-0.2, 0) is 6.42 Å². The second-order valence-corrected chi connectivity index (χ2v) is 9.00. The Morgan fingerprint density at radius 3 is 2.81 bits per heavy atom. The van der Waals surface area contributed by atoms with E-state index in [1.807, 2.05) is 18.2 Å². The molecule has 0 amide bonds. The number of likely N-dealkylation sites (tertiary alicyclic amines) is 1. The Balaban J connectivity index is 1.16. The average molecular weight is 458 g/mol. The lowest BCUT2D eigenvalue weighted by Gasteiger charge is -2.39. The second kappa shape index (κ2) is 8.27. The first kappa shape index (κ1) is 21.1. The fourth-order valence-electron chi connectivity index (χ4n) is 4.65. The minimum absolute atomic E-state index is 0.0516. The van der Waals surface area contributed by atoms with Gasteiger partial charge in [0.2, 0.25) is 0 Å². The zero-order valence-corrected chi connectivity index (χ0v) is 18.2. The van der Waals surface area contributed by atoms with Crippen LogP contribution in [0.25, 0.3) is 10.9 Å². The third kappa shape index (κ3) is 4.13. The number of piperidine rings is 1. The third-order valence-electron chi connectivity index (χ3n) is 6.27. The number of halogens is 1. The summed E-state index contributed by atoms with van der Waals surface area (Å²) in [6.45, 7) is 2.15. The molecule has 2 aliphatic rings. The molecule has 3 N–H and O–H groups in total. The number of β-amino-alcohol motifs (C(OH)–C–C–N with tert-alkyl or cyclic N) is 1. The van der Waals surface area contributed by atoms with E-state index in [4.69, 9.17) is 21.1 Å². The number of nitrogens with one attached hydrogen (secondary N) is 2. The normalized spacial score (nSPS) is 18.4. The molecule has 1 aromatic heterocycles. The Labute approximate surface area is 188 Å². The summed E-state index contributed by atoms with van der Waals surface area (Å²) in [5, 5.41) is 11.6. The average Bonchev–Trinajstić information content (AvgIpc) is 3.11. The number of hydrogen-bond acceptors (Lipinski definition) is 6. The van der Waals surface area contributed by atoms with Crippen LogP contribution < -0.4 is 20.7 Å². The van der Waals surface area contributed by atoms with Crippen molar-refractivity contribution in [2.75, 3.05) is 26.2 Å². The van der Waals surface area contributed by atoms with Crippen LogP contribution in [-0.4, -0.2) is 57.9 Å². The van der Waals surface area contributed by atoms with Crippen molar-refractivity contribution in [2.24, 2.45) is 0 Å². The van der Waals surface area contributed by atoms with Crippen molar-refractivity contribution in [3.8, 4) is 11.5 Å². The molecule has 32 heavy (non-hydrogen) atoms. The van der Waals surface area contributed by atoms with E-state index >= 15 is 0 Å². The summed E-state index contributed by atoms with van der Waals surface area (Å²) in [5.74, 6) is 1.28. The minimum atomic E-state index is -0.714. The van der Waals surface area contributed by atoms with E-state index in [-0.39, 0.29) is 12.2 Å². The van der Waals surface area contributed by atoms with Crippen molar-refractivity contribution in [3.63, 3.8) is 0 Å². The van der Waals surface area contributed by atoms with Gasteiger partial charge >= 0.3 is 5.69 Å². The molecule has 2 aliphatic heterocycles. The van der Waals surface area contributed by atoms with Crippen molar-refractivity contribution < 1.29 is 14.6 Å². The zero-order chi connectivity index (χ0) is 22.3. The highest BCUT2D eigenvalue weighted by Crippen LogP contribution is 2.41. The molecule has 2 aromatic carbocycles. The number of aromatic nitrogens is 2. The van der Waals surface area contributed by atoms with Gasteiger partial charge in [0.05, 0.1) is 10.9 Å². The molecule has 3 aromatic rings. The quantitative estimate of drug-likeness (QED) is 0.541. The topological polar surface area (TPSA) is 108 Å². The molecule has 9 heteroatoms. The Bertz CT molecular complexity index is 1260. The van der Waals surface area contributed by atoms with E-state index in [0.29, 0.717) is 23.2 Å². The molecule has 1 saturated heterocycles. The Morgan fingerprint density at radius 2 is 2.00 bits per heavy atom. The molecule has 0 aliphatic carbocycles. The number of para-hydroxylation sites is 1. The number of aromatic amines is 2.